The smallest absolute Gasteiger partial charge is 0.350 e. The maximum Gasteiger partial charge on any atom is 0.350 e. The van der Waals surface area contributed by atoms with Crippen LogP contribution in [0.15, 0.2) is 41.9 Å². The van der Waals surface area contributed by atoms with Crippen molar-refractivity contribution in [2.45, 2.75) is 94.3 Å². The highest BCUT2D eigenvalue weighted by atomic mass is 127. The van der Waals surface area contributed by atoms with E-state index in [-0.39, 0.29) is 11.9 Å². The third kappa shape index (κ3) is 15.8. The van der Waals surface area contributed by atoms with Crippen molar-refractivity contribution in [1.29, 1.82) is 0 Å². The topological polar surface area (TPSA) is 106 Å². The standard InChI is InChI=1S/C20H24N2O3S.C11H12INO.C9H13NO2S/c1-12(2)11-24-16-9-8-14(10-15(16)21-7)18-22-13(3)17(26-18)19(23)25-20(4,5)6;1-8(2)7-14-11-5-4-9(12)6-10(11)13-3;1-6-7(13-5-10-6)8(11)12-9(2,3)4/h8-10,12H,11H2,1-6H3;4-6,8H,7H2,1-2H3;5H,1-4H3. The van der Waals surface area contributed by atoms with E-state index >= 15 is 0 Å². The number of halogens is 1. The van der Waals surface area contributed by atoms with Gasteiger partial charge in [-0.1, -0.05) is 33.8 Å². The van der Waals surface area contributed by atoms with E-state index in [4.69, 9.17) is 32.1 Å². The van der Waals surface area contributed by atoms with Crippen LogP contribution in [0.2, 0.25) is 0 Å². The molecule has 0 fully saturated rings. The van der Waals surface area contributed by atoms with Crippen LogP contribution in [0.25, 0.3) is 20.3 Å². The molecule has 0 aliphatic carbocycles. The molecule has 4 rings (SSSR count). The molecule has 284 valence electrons. The molecule has 4 aromatic rings. The van der Waals surface area contributed by atoms with Gasteiger partial charge in [-0.05, 0) is 120 Å². The van der Waals surface area contributed by atoms with Gasteiger partial charge in [0.2, 0.25) is 11.4 Å². The van der Waals surface area contributed by atoms with Crippen LogP contribution in [0.1, 0.15) is 100.0 Å². The second-order valence-corrected chi connectivity index (χ2v) is 17.7. The molecule has 0 atom stereocenters. The molecule has 0 saturated heterocycles. The Hall–Kier alpha value is -4.05. The van der Waals surface area contributed by atoms with Gasteiger partial charge < -0.3 is 18.9 Å². The summed E-state index contributed by atoms with van der Waals surface area (Å²) in [6.45, 7) is 38.5. The highest BCUT2D eigenvalue weighted by Gasteiger charge is 2.24. The highest BCUT2D eigenvalue weighted by molar-refractivity contribution is 14.1. The van der Waals surface area contributed by atoms with Gasteiger partial charge in [0.25, 0.3) is 0 Å². The number of hydrogen-bond acceptors (Lipinski definition) is 10. The zero-order chi connectivity index (χ0) is 40.1. The highest BCUT2D eigenvalue weighted by Crippen LogP contribution is 2.36. The van der Waals surface area contributed by atoms with Crippen LogP contribution in [-0.4, -0.2) is 46.3 Å². The Morgan fingerprint density at radius 3 is 1.72 bits per heavy atom. The number of hydrogen-bond donors (Lipinski definition) is 0. The minimum Gasteiger partial charge on any atom is -0.504 e. The lowest BCUT2D eigenvalue weighted by Gasteiger charge is -2.18. The predicted octanol–water partition coefficient (Wildman–Crippen LogP) is 11.9. The van der Waals surface area contributed by atoms with Gasteiger partial charge in [-0.3, -0.25) is 0 Å². The quantitative estimate of drug-likeness (QED) is 0.0930. The van der Waals surface area contributed by atoms with Crippen molar-refractivity contribution >= 4 is 68.6 Å². The Morgan fingerprint density at radius 2 is 1.26 bits per heavy atom. The Kier molecular flexibility index (Phi) is 17.4. The second-order valence-electron chi connectivity index (χ2n) is 14.6. The van der Waals surface area contributed by atoms with Gasteiger partial charge in [0.1, 0.15) is 37.5 Å². The first-order valence-corrected chi connectivity index (χ1v) is 19.7. The average molecular weight is 873 g/mol. The number of thiazole rings is 2. The molecule has 0 aliphatic rings. The summed E-state index contributed by atoms with van der Waals surface area (Å²) < 4.78 is 22.9. The van der Waals surface area contributed by atoms with Crippen molar-refractivity contribution < 1.29 is 28.5 Å². The van der Waals surface area contributed by atoms with Gasteiger partial charge in [-0.2, -0.15) is 0 Å². The second kappa shape index (κ2) is 20.4. The van der Waals surface area contributed by atoms with E-state index in [1.807, 2.05) is 65.8 Å². The van der Waals surface area contributed by atoms with Gasteiger partial charge in [0, 0.05) is 9.13 Å². The van der Waals surface area contributed by atoms with E-state index in [1.165, 1.54) is 22.7 Å². The summed E-state index contributed by atoms with van der Waals surface area (Å²) in [6.07, 6.45) is 0. The van der Waals surface area contributed by atoms with Gasteiger partial charge >= 0.3 is 11.9 Å². The lowest BCUT2D eigenvalue weighted by atomic mass is 10.2. The van der Waals surface area contributed by atoms with Crippen LogP contribution in [0.3, 0.4) is 0 Å². The first-order valence-electron chi connectivity index (χ1n) is 16.9. The minimum absolute atomic E-state index is 0.285. The number of esters is 2. The van der Waals surface area contributed by atoms with E-state index in [0.717, 1.165) is 14.8 Å². The summed E-state index contributed by atoms with van der Waals surface area (Å²) in [5, 5.41) is 0.684. The van der Waals surface area contributed by atoms with Crippen molar-refractivity contribution in [1.82, 2.24) is 9.97 Å². The number of nitrogens with zero attached hydrogens (tertiary/aromatic N) is 4. The molecule has 0 unspecified atom stereocenters. The molecule has 0 N–H and O–H groups in total. The molecule has 10 nitrogen and oxygen atoms in total. The fraction of sp³-hybridized carbons (Fsp3) is 0.450. The van der Waals surface area contributed by atoms with Crippen molar-refractivity contribution in [3.63, 3.8) is 0 Å². The number of benzene rings is 2. The van der Waals surface area contributed by atoms with Gasteiger partial charge in [0.05, 0.1) is 43.3 Å². The van der Waals surface area contributed by atoms with E-state index in [0.29, 0.717) is 68.4 Å². The van der Waals surface area contributed by atoms with E-state index < -0.39 is 11.2 Å². The summed E-state index contributed by atoms with van der Waals surface area (Å²) in [5.74, 6) is 1.46. The molecule has 2 aromatic heterocycles. The normalized spacial score (nSPS) is 11.0. The number of aryl methyl sites for hydroxylation is 2. The molecular formula is C40H49IN4O6S2. The molecule has 0 aliphatic heterocycles. The summed E-state index contributed by atoms with van der Waals surface area (Å²) in [7, 11) is 0. The largest absolute Gasteiger partial charge is 0.504 e. The molecular weight excluding hydrogens is 823 g/mol. The van der Waals surface area contributed by atoms with Crippen molar-refractivity contribution in [3.05, 3.63) is 89.5 Å². The molecule has 0 saturated carbocycles. The van der Waals surface area contributed by atoms with Crippen LogP contribution in [0, 0.1) is 42.4 Å². The Bertz CT molecular complexity index is 1920. The van der Waals surface area contributed by atoms with Crippen LogP contribution in [-0.2, 0) is 9.47 Å². The number of rotatable bonds is 9. The number of ether oxygens (including phenoxy) is 4. The molecule has 13 heteroatoms. The van der Waals surface area contributed by atoms with Crippen LogP contribution >= 0.6 is 45.3 Å². The number of carbonyl (C=O) groups is 2. The summed E-state index contributed by atoms with van der Waals surface area (Å²) >= 11 is 4.78. The number of aromatic nitrogens is 2. The zero-order valence-electron chi connectivity index (χ0n) is 32.5. The molecule has 0 bridgehead atoms. The molecule has 0 radical (unpaired) electrons. The summed E-state index contributed by atoms with van der Waals surface area (Å²) in [4.78, 5) is 40.4. The SMILES string of the molecule is Cc1ncsc1C(=O)OC(C)(C)C.[C-]#[N+]c1cc(-c2nc(C)c(C(=O)OC(C)(C)C)s2)ccc1OCC(C)C.[C-]#[N+]c1cc(I)ccc1OCC(C)C. The first kappa shape index (κ1) is 45.1. The molecule has 2 aromatic carbocycles. The lowest BCUT2D eigenvalue weighted by molar-refractivity contribution is 0.00613. The predicted molar refractivity (Wildman–Crippen MR) is 222 cm³/mol. The average Bonchev–Trinajstić information content (AvgIpc) is 3.67. The molecule has 2 heterocycles. The van der Waals surface area contributed by atoms with Crippen LogP contribution in [0.4, 0.5) is 11.4 Å². The third-order valence-corrected chi connectivity index (χ3v) is 8.99. The fourth-order valence-corrected chi connectivity index (χ4v) is 6.02. The van der Waals surface area contributed by atoms with Gasteiger partial charge in [0.15, 0.2) is 0 Å². The Labute approximate surface area is 336 Å². The van der Waals surface area contributed by atoms with E-state index in [1.54, 1.807) is 31.5 Å². The Morgan fingerprint density at radius 1 is 0.774 bits per heavy atom. The van der Waals surface area contributed by atoms with E-state index in [9.17, 15) is 9.59 Å². The Balaban J connectivity index is 0.000000303. The van der Waals surface area contributed by atoms with Crippen molar-refractivity contribution in [2.24, 2.45) is 11.8 Å². The lowest BCUT2D eigenvalue weighted by Crippen LogP contribution is -2.23. The molecule has 53 heavy (non-hydrogen) atoms. The van der Waals surface area contributed by atoms with Gasteiger partial charge in [-0.25, -0.2) is 29.2 Å². The maximum atomic E-state index is 12.3. The van der Waals surface area contributed by atoms with Crippen molar-refractivity contribution in [2.75, 3.05) is 13.2 Å². The third-order valence-electron chi connectivity index (χ3n) is 6.22. The van der Waals surface area contributed by atoms with Crippen LogP contribution in [0.5, 0.6) is 11.5 Å². The van der Waals surface area contributed by atoms with Gasteiger partial charge in [-0.15, -0.1) is 22.7 Å². The zero-order valence-corrected chi connectivity index (χ0v) is 36.3. The van der Waals surface area contributed by atoms with Crippen molar-refractivity contribution in [3.8, 4) is 22.1 Å². The molecule has 0 spiro atoms. The first-order chi connectivity index (χ1) is 24.6. The number of carbonyl (C=O) groups excluding carboxylic acids is 2. The fourth-order valence-electron chi connectivity index (χ4n) is 3.93. The maximum absolute atomic E-state index is 12.3. The summed E-state index contributed by atoms with van der Waals surface area (Å²) in [5.41, 5.74) is 3.84. The minimum atomic E-state index is -0.555. The summed E-state index contributed by atoms with van der Waals surface area (Å²) in [6, 6.07) is 11.0. The van der Waals surface area contributed by atoms with E-state index in [2.05, 4.69) is 69.9 Å². The van der Waals surface area contributed by atoms with Crippen LogP contribution < -0.4 is 9.47 Å². The molecule has 0 amide bonds. The monoisotopic (exact) mass is 872 g/mol.